The zero-order chi connectivity index (χ0) is 29.1. The Kier molecular flexibility index (Phi) is 7.66. The zero-order valence-corrected chi connectivity index (χ0v) is 23.5. The van der Waals surface area contributed by atoms with E-state index in [1.807, 2.05) is 67.6 Å². The lowest BCUT2D eigenvalue weighted by Crippen LogP contribution is -2.37. The summed E-state index contributed by atoms with van der Waals surface area (Å²) in [5.41, 5.74) is 4.78. The van der Waals surface area contributed by atoms with Crippen LogP contribution in [0.2, 0.25) is 0 Å². The molecule has 2 N–H and O–H groups in total. The first-order valence-electron chi connectivity index (χ1n) is 13.9. The summed E-state index contributed by atoms with van der Waals surface area (Å²) < 4.78 is 11.4. The molecule has 1 aliphatic heterocycles. The average Bonchev–Trinajstić information content (AvgIpc) is 3.44. The van der Waals surface area contributed by atoms with Gasteiger partial charge in [0.25, 0.3) is 0 Å². The topological polar surface area (TPSA) is 110 Å². The number of Topliss-reactive ketones (excluding diaryl/α,β-unsaturated/α-hetero) is 1. The minimum Gasteiger partial charge on any atom is -0.461 e. The van der Waals surface area contributed by atoms with Gasteiger partial charge in [-0.2, -0.15) is 0 Å². The van der Waals surface area contributed by atoms with E-state index >= 15 is 0 Å². The van der Waals surface area contributed by atoms with Crippen molar-refractivity contribution in [2.45, 2.75) is 20.3 Å². The molecule has 3 aromatic carbocycles. The first kappa shape index (κ1) is 27.2. The van der Waals surface area contributed by atoms with Crippen LogP contribution in [0.15, 0.2) is 83.3 Å². The second-order valence-corrected chi connectivity index (χ2v) is 10.3. The number of hydrogen-bond donors (Lipinski definition) is 2. The molecule has 0 aliphatic carbocycles. The maximum Gasteiger partial charge on any atom is 0.323 e. The second-order valence-electron chi connectivity index (χ2n) is 10.3. The number of ketones is 1. The second kappa shape index (κ2) is 11.8. The van der Waals surface area contributed by atoms with Gasteiger partial charge >= 0.3 is 6.03 Å². The van der Waals surface area contributed by atoms with Crippen LogP contribution in [0.4, 0.5) is 22.0 Å². The fourth-order valence-electron chi connectivity index (χ4n) is 4.99. The molecule has 0 spiro atoms. The van der Waals surface area contributed by atoms with Crippen molar-refractivity contribution in [3.05, 3.63) is 90.2 Å². The van der Waals surface area contributed by atoms with Crippen LogP contribution in [0.5, 0.6) is 0 Å². The lowest BCUT2D eigenvalue weighted by molar-refractivity contribution is -0.116. The number of nitrogens with zero attached hydrogens (tertiary/aromatic N) is 3. The van der Waals surface area contributed by atoms with Crippen molar-refractivity contribution in [2.24, 2.45) is 0 Å². The van der Waals surface area contributed by atoms with Gasteiger partial charge in [0.15, 0.2) is 5.82 Å². The number of hydrogen-bond acceptors (Lipinski definition) is 7. The highest BCUT2D eigenvalue weighted by atomic mass is 16.5. The summed E-state index contributed by atoms with van der Waals surface area (Å²) in [6.45, 7) is 6.28. The first-order valence-corrected chi connectivity index (χ1v) is 13.9. The van der Waals surface area contributed by atoms with Crippen molar-refractivity contribution in [1.82, 2.24) is 9.97 Å². The van der Waals surface area contributed by atoms with Gasteiger partial charge in [-0.15, -0.1) is 0 Å². The van der Waals surface area contributed by atoms with E-state index in [9.17, 15) is 9.59 Å². The molecule has 1 aliphatic rings. The zero-order valence-electron chi connectivity index (χ0n) is 23.5. The number of aromatic nitrogens is 2. The van der Waals surface area contributed by atoms with E-state index in [1.54, 1.807) is 19.1 Å². The molecule has 2 aromatic heterocycles. The molecule has 0 atom stereocenters. The number of furan rings is 1. The van der Waals surface area contributed by atoms with E-state index in [-0.39, 0.29) is 11.8 Å². The van der Waals surface area contributed by atoms with Crippen LogP contribution >= 0.6 is 0 Å². The van der Waals surface area contributed by atoms with Gasteiger partial charge < -0.3 is 24.7 Å². The number of ether oxygens (including phenoxy) is 1. The fourth-order valence-corrected chi connectivity index (χ4v) is 4.99. The lowest BCUT2D eigenvalue weighted by atomic mass is 10.1. The number of urea groups is 1. The monoisotopic (exact) mass is 561 g/mol. The van der Waals surface area contributed by atoms with Crippen LogP contribution in [-0.4, -0.2) is 48.1 Å². The Hall–Kier alpha value is -5.02. The molecule has 0 radical (unpaired) electrons. The molecule has 9 heteroatoms. The minimum atomic E-state index is -0.362. The van der Waals surface area contributed by atoms with Crippen molar-refractivity contribution in [3.8, 4) is 22.7 Å². The van der Waals surface area contributed by atoms with Crippen LogP contribution < -0.4 is 15.5 Å². The van der Waals surface area contributed by atoms with Crippen LogP contribution in [0, 0.1) is 6.92 Å². The molecule has 3 heterocycles. The Morgan fingerprint density at radius 1 is 0.833 bits per heavy atom. The molecule has 9 nitrogen and oxygen atoms in total. The van der Waals surface area contributed by atoms with Crippen LogP contribution in [0.3, 0.4) is 0 Å². The van der Waals surface area contributed by atoms with Crippen LogP contribution in [-0.2, 0) is 16.0 Å². The Labute approximate surface area is 243 Å². The number of fused-ring (bicyclic) bond motifs is 1. The van der Waals surface area contributed by atoms with Gasteiger partial charge in [-0.05, 0) is 80.1 Å². The number of aryl methyl sites for hydroxylation is 1. The first-order chi connectivity index (χ1) is 20.4. The van der Waals surface area contributed by atoms with Gasteiger partial charge in [0.1, 0.15) is 23.1 Å². The van der Waals surface area contributed by atoms with Crippen LogP contribution in [0.25, 0.3) is 33.6 Å². The van der Waals surface area contributed by atoms with Crippen molar-refractivity contribution in [3.63, 3.8) is 0 Å². The number of rotatable bonds is 7. The van der Waals surface area contributed by atoms with E-state index in [0.717, 1.165) is 58.0 Å². The smallest absolute Gasteiger partial charge is 0.323 e. The largest absolute Gasteiger partial charge is 0.461 e. The summed E-state index contributed by atoms with van der Waals surface area (Å²) in [4.78, 5) is 36.1. The number of amides is 2. The number of benzene rings is 3. The molecule has 0 unspecified atom stereocenters. The van der Waals surface area contributed by atoms with Gasteiger partial charge in [0.2, 0.25) is 0 Å². The molecule has 6 rings (SSSR count). The number of morpholine rings is 1. The minimum absolute atomic E-state index is 0.0945. The quantitative estimate of drug-likeness (QED) is 0.234. The summed E-state index contributed by atoms with van der Waals surface area (Å²) in [5.74, 6) is 3.21. The van der Waals surface area contributed by atoms with Crippen molar-refractivity contribution < 1.29 is 18.7 Å². The molecular formula is C33H31N5O4. The summed E-state index contributed by atoms with van der Waals surface area (Å²) in [6.07, 6.45) is 0.374. The van der Waals surface area contributed by atoms with E-state index < -0.39 is 0 Å². The Balaban J connectivity index is 1.24. The Morgan fingerprint density at radius 2 is 1.50 bits per heavy atom. The van der Waals surface area contributed by atoms with E-state index in [2.05, 4.69) is 21.6 Å². The number of carbonyl (C=O) groups is 2. The molecule has 0 saturated carbocycles. The van der Waals surface area contributed by atoms with Crippen LogP contribution in [0.1, 0.15) is 18.2 Å². The Bertz CT molecular complexity index is 1740. The van der Waals surface area contributed by atoms with E-state index in [0.29, 0.717) is 36.8 Å². The highest BCUT2D eigenvalue weighted by molar-refractivity contribution is 6.00. The average molecular weight is 562 g/mol. The highest BCUT2D eigenvalue weighted by Crippen LogP contribution is 2.32. The van der Waals surface area contributed by atoms with Crippen molar-refractivity contribution >= 4 is 39.9 Å². The van der Waals surface area contributed by atoms with Gasteiger partial charge in [0.05, 0.1) is 18.7 Å². The molecule has 212 valence electrons. The molecule has 0 bridgehead atoms. The number of nitrogens with one attached hydrogen (secondary N) is 2. The van der Waals surface area contributed by atoms with E-state index in [4.69, 9.17) is 19.1 Å². The summed E-state index contributed by atoms with van der Waals surface area (Å²) in [7, 11) is 0. The maximum absolute atomic E-state index is 12.6. The molecule has 2 amide bonds. The summed E-state index contributed by atoms with van der Waals surface area (Å²) in [5, 5.41) is 6.65. The van der Waals surface area contributed by atoms with Crippen molar-refractivity contribution in [1.29, 1.82) is 0 Å². The van der Waals surface area contributed by atoms with Gasteiger partial charge in [0, 0.05) is 47.4 Å². The molecular weight excluding hydrogens is 530 g/mol. The number of anilines is 3. The summed E-state index contributed by atoms with van der Waals surface area (Å²) >= 11 is 0. The summed E-state index contributed by atoms with van der Waals surface area (Å²) in [6, 6.07) is 24.4. The normalized spacial score (nSPS) is 13.2. The Morgan fingerprint density at radius 3 is 2.14 bits per heavy atom. The maximum atomic E-state index is 12.6. The standard InChI is InChI=1S/C33H31N5O4/c1-21(39)19-23-4-9-26(10-5-23)34-33(40)35-27-11-6-24(7-12-27)31-36-29-20-25(30-14-3-22(2)42-30)8-13-28(29)32(37-31)38-15-17-41-18-16-38/h3-14,20H,15-19H2,1-2H3,(H2,34,35,40). The van der Waals surface area contributed by atoms with Gasteiger partial charge in [-0.25, -0.2) is 14.8 Å². The molecule has 1 fully saturated rings. The third-order valence-electron chi connectivity index (χ3n) is 7.08. The fraction of sp³-hybridized carbons (Fsp3) is 0.212. The molecule has 5 aromatic rings. The third kappa shape index (κ3) is 6.16. The SMILES string of the molecule is CC(=O)Cc1ccc(NC(=O)Nc2ccc(-c3nc(N4CCOCC4)c4ccc(-c5ccc(C)o5)cc4n3)cc2)cc1. The third-order valence-corrected chi connectivity index (χ3v) is 7.08. The predicted molar refractivity (Wildman–Crippen MR) is 164 cm³/mol. The highest BCUT2D eigenvalue weighted by Gasteiger charge is 2.19. The lowest BCUT2D eigenvalue weighted by Gasteiger charge is -2.29. The molecule has 1 saturated heterocycles. The molecule has 42 heavy (non-hydrogen) atoms. The number of carbonyl (C=O) groups excluding carboxylic acids is 2. The van der Waals surface area contributed by atoms with Crippen molar-refractivity contribution in [2.75, 3.05) is 41.8 Å². The predicted octanol–water partition coefficient (Wildman–Crippen LogP) is 6.48. The van der Waals surface area contributed by atoms with Gasteiger partial charge in [-0.1, -0.05) is 18.2 Å². The van der Waals surface area contributed by atoms with E-state index in [1.165, 1.54) is 0 Å². The van der Waals surface area contributed by atoms with Gasteiger partial charge in [-0.3, -0.25) is 4.79 Å².